The molecule has 0 spiro atoms. The fourth-order valence-corrected chi connectivity index (χ4v) is 2.84. The summed E-state index contributed by atoms with van der Waals surface area (Å²) in [5, 5.41) is 11.4. The van der Waals surface area contributed by atoms with Crippen molar-refractivity contribution in [2.24, 2.45) is 0 Å². The Labute approximate surface area is 132 Å². The molecule has 1 heterocycles. The number of hydrogen-bond acceptors (Lipinski definition) is 3. The van der Waals surface area contributed by atoms with E-state index in [-0.39, 0.29) is 18.0 Å². The smallest absolute Gasteiger partial charge is 0.271 e. The van der Waals surface area contributed by atoms with Gasteiger partial charge in [-0.25, -0.2) is 0 Å². The van der Waals surface area contributed by atoms with Crippen LogP contribution < -0.4 is 4.90 Å². The van der Waals surface area contributed by atoms with Crippen molar-refractivity contribution in [2.75, 3.05) is 11.4 Å². The van der Waals surface area contributed by atoms with E-state index < -0.39 is 4.92 Å². The molecule has 22 heavy (non-hydrogen) atoms. The van der Waals surface area contributed by atoms with Gasteiger partial charge in [-0.1, -0.05) is 35.9 Å². The number of carbonyl (C=O) groups is 1. The number of benzene rings is 2. The highest BCUT2D eigenvalue weighted by atomic mass is 35.5. The van der Waals surface area contributed by atoms with Gasteiger partial charge in [0.25, 0.3) is 5.69 Å². The van der Waals surface area contributed by atoms with Crippen LogP contribution in [0.4, 0.5) is 11.4 Å². The Morgan fingerprint density at radius 3 is 2.77 bits per heavy atom. The van der Waals surface area contributed by atoms with Gasteiger partial charge in [0.15, 0.2) is 0 Å². The van der Waals surface area contributed by atoms with Crippen molar-refractivity contribution in [3.05, 3.63) is 68.7 Å². The number of carbonyl (C=O) groups excluding carboxylic acids is 1. The molecule has 0 radical (unpaired) electrons. The van der Waals surface area contributed by atoms with Crippen molar-refractivity contribution in [1.29, 1.82) is 0 Å². The summed E-state index contributed by atoms with van der Waals surface area (Å²) in [6, 6.07) is 11.9. The van der Waals surface area contributed by atoms with Gasteiger partial charge in [-0.2, -0.15) is 0 Å². The van der Waals surface area contributed by atoms with Gasteiger partial charge in [0.2, 0.25) is 5.91 Å². The second-order valence-electron chi connectivity index (χ2n) is 5.13. The van der Waals surface area contributed by atoms with E-state index in [0.29, 0.717) is 23.7 Å². The van der Waals surface area contributed by atoms with Crippen LogP contribution in [0.2, 0.25) is 5.02 Å². The van der Waals surface area contributed by atoms with Crippen LogP contribution in [0.1, 0.15) is 11.1 Å². The highest BCUT2D eigenvalue weighted by molar-refractivity contribution is 6.31. The number of amides is 1. The maximum Gasteiger partial charge on any atom is 0.271 e. The summed E-state index contributed by atoms with van der Waals surface area (Å²) in [6.07, 6.45) is 0.892. The van der Waals surface area contributed by atoms with Crippen LogP contribution in [0.15, 0.2) is 42.5 Å². The Kier molecular flexibility index (Phi) is 3.81. The molecule has 1 aliphatic heterocycles. The van der Waals surface area contributed by atoms with E-state index >= 15 is 0 Å². The van der Waals surface area contributed by atoms with Crippen molar-refractivity contribution < 1.29 is 9.72 Å². The van der Waals surface area contributed by atoms with Gasteiger partial charge >= 0.3 is 0 Å². The number of halogens is 1. The van der Waals surface area contributed by atoms with Crippen LogP contribution in [0.25, 0.3) is 0 Å². The standard InChI is InChI=1S/C16H13ClN2O3/c17-14-4-2-1-3-12(14)9-16(20)18-8-7-11-5-6-13(19(21)22)10-15(11)18/h1-6,10H,7-9H2. The van der Waals surface area contributed by atoms with Crippen molar-refractivity contribution in [2.45, 2.75) is 12.8 Å². The fourth-order valence-electron chi connectivity index (χ4n) is 2.64. The summed E-state index contributed by atoms with van der Waals surface area (Å²) >= 11 is 6.08. The largest absolute Gasteiger partial charge is 0.311 e. The van der Waals surface area contributed by atoms with Crippen molar-refractivity contribution in [3.63, 3.8) is 0 Å². The molecule has 2 aromatic carbocycles. The molecule has 5 nitrogen and oxygen atoms in total. The van der Waals surface area contributed by atoms with Crippen LogP contribution in [0.3, 0.4) is 0 Å². The fraction of sp³-hybridized carbons (Fsp3) is 0.188. The Hall–Kier alpha value is -2.40. The van der Waals surface area contributed by atoms with Crippen LogP contribution in [0, 0.1) is 10.1 Å². The summed E-state index contributed by atoms with van der Waals surface area (Å²) in [5.74, 6) is -0.104. The number of hydrogen-bond donors (Lipinski definition) is 0. The third kappa shape index (κ3) is 2.67. The van der Waals surface area contributed by atoms with Crippen molar-refractivity contribution >= 4 is 28.9 Å². The molecule has 0 unspecified atom stereocenters. The van der Waals surface area contributed by atoms with Crippen LogP contribution in [-0.4, -0.2) is 17.4 Å². The predicted molar refractivity (Wildman–Crippen MR) is 84.3 cm³/mol. The monoisotopic (exact) mass is 316 g/mol. The zero-order valence-electron chi connectivity index (χ0n) is 11.7. The lowest BCUT2D eigenvalue weighted by Crippen LogP contribution is -2.30. The maximum absolute atomic E-state index is 12.5. The number of non-ortho nitro benzene ring substituents is 1. The topological polar surface area (TPSA) is 63.5 Å². The van der Waals surface area contributed by atoms with Crippen LogP contribution in [-0.2, 0) is 17.6 Å². The Morgan fingerprint density at radius 1 is 1.27 bits per heavy atom. The predicted octanol–water partition coefficient (Wildman–Crippen LogP) is 3.38. The first kappa shape index (κ1) is 14.5. The molecule has 0 saturated heterocycles. The number of rotatable bonds is 3. The van der Waals surface area contributed by atoms with Gasteiger partial charge in [-0.15, -0.1) is 0 Å². The van der Waals surface area contributed by atoms with Gasteiger partial charge in [0.05, 0.1) is 17.0 Å². The SMILES string of the molecule is O=C(Cc1ccccc1Cl)N1CCc2ccc([N+](=O)[O-])cc21. The molecule has 112 valence electrons. The van der Waals surface area contributed by atoms with Gasteiger partial charge in [-0.3, -0.25) is 14.9 Å². The van der Waals surface area contributed by atoms with Gasteiger partial charge in [0, 0.05) is 23.7 Å². The Bertz CT molecular complexity index is 761. The highest BCUT2D eigenvalue weighted by Gasteiger charge is 2.26. The average molecular weight is 317 g/mol. The van der Waals surface area contributed by atoms with Gasteiger partial charge in [0.1, 0.15) is 0 Å². The second-order valence-corrected chi connectivity index (χ2v) is 5.54. The maximum atomic E-state index is 12.5. The molecule has 0 saturated carbocycles. The van der Waals surface area contributed by atoms with E-state index in [4.69, 9.17) is 11.6 Å². The lowest BCUT2D eigenvalue weighted by Gasteiger charge is -2.17. The van der Waals surface area contributed by atoms with Crippen molar-refractivity contribution in [3.8, 4) is 0 Å². The lowest BCUT2D eigenvalue weighted by molar-refractivity contribution is -0.384. The third-order valence-corrected chi connectivity index (χ3v) is 4.14. The number of anilines is 1. The molecule has 0 N–H and O–H groups in total. The first-order valence-corrected chi connectivity index (χ1v) is 7.25. The van der Waals surface area contributed by atoms with Crippen LogP contribution >= 0.6 is 11.6 Å². The molecule has 0 aromatic heterocycles. The first-order chi connectivity index (χ1) is 10.6. The number of nitro groups is 1. The van der Waals surface area contributed by atoms with E-state index in [1.807, 2.05) is 18.2 Å². The molecular formula is C16H13ClN2O3. The Morgan fingerprint density at radius 2 is 2.05 bits per heavy atom. The zero-order valence-corrected chi connectivity index (χ0v) is 12.4. The number of fused-ring (bicyclic) bond motifs is 1. The molecule has 3 rings (SSSR count). The molecule has 0 bridgehead atoms. The molecule has 1 aliphatic rings. The summed E-state index contributed by atoms with van der Waals surface area (Å²) in [5.41, 5.74) is 2.34. The Balaban J connectivity index is 1.86. The summed E-state index contributed by atoms with van der Waals surface area (Å²) in [4.78, 5) is 24.6. The van der Waals surface area contributed by atoms with E-state index in [1.165, 1.54) is 12.1 Å². The molecule has 6 heteroatoms. The highest BCUT2D eigenvalue weighted by Crippen LogP contribution is 2.32. The summed E-state index contributed by atoms with van der Waals surface area (Å²) < 4.78 is 0. The van der Waals surface area contributed by atoms with Crippen molar-refractivity contribution in [1.82, 2.24) is 0 Å². The zero-order chi connectivity index (χ0) is 15.7. The minimum absolute atomic E-state index is 0.00352. The van der Waals surface area contributed by atoms with Crippen LogP contribution in [0.5, 0.6) is 0 Å². The van der Waals surface area contributed by atoms with Gasteiger partial charge < -0.3 is 4.90 Å². The normalized spacial score (nSPS) is 13.0. The molecule has 2 aromatic rings. The lowest BCUT2D eigenvalue weighted by atomic mass is 10.1. The first-order valence-electron chi connectivity index (χ1n) is 6.87. The molecule has 1 amide bonds. The molecule has 0 aliphatic carbocycles. The third-order valence-electron chi connectivity index (χ3n) is 3.78. The minimum atomic E-state index is -0.449. The molecule has 0 atom stereocenters. The van der Waals surface area contributed by atoms with E-state index in [2.05, 4.69) is 0 Å². The summed E-state index contributed by atoms with van der Waals surface area (Å²) in [7, 11) is 0. The number of nitro benzene ring substituents is 1. The molecule has 0 fully saturated rings. The van der Waals surface area contributed by atoms with E-state index in [0.717, 1.165) is 11.1 Å². The minimum Gasteiger partial charge on any atom is -0.311 e. The summed E-state index contributed by atoms with van der Waals surface area (Å²) in [6.45, 7) is 0.541. The van der Waals surface area contributed by atoms with E-state index in [1.54, 1.807) is 17.0 Å². The van der Waals surface area contributed by atoms with E-state index in [9.17, 15) is 14.9 Å². The molecular weight excluding hydrogens is 304 g/mol. The quantitative estimate of drug-likeness (QED) is 0.644. The van der Waals surface area contributed by atoms with Gasteiger partial charge in [-0.05, 0) is 23.6 Å². The average Bonchev–Trinajstić information content (AvgIpc) is 2.92. The second kappa shape index (κ2) is 5.77. The number of nitrogens with zero attached hydrogens (tertiary/aromatic N) is 2.